The Bertz CT molecular complexity index is 445. The number of carbonyl (C=O) groups excluding carboxylic acids is 2. The van der Waals surface area contributed by atoms with Crippen LogP contribution in [-0.4, -0.2) is 21.9 Å². The maximum Gasteiger partial charge on any atom is 0.235 e. The first-order valence-electron chi connectivity index (χ1n) is 5.40. The SMILES string of the molecule is CC1(C)CC(=O)N(c2ccc(O)cn2)C(=O)C1. The molecule has 0 radical (unpaired) electrons. The Morgan fingerprint density at radius 1 is 1.24 bits per heavy atom. The quantitative estimate of drug-likeness (QED) is 0.747. The van der Waals surface area contributed by atoms with Crippen LogP contribution in [0.25, 0.3) is 0 Å². The molecule has 2 heterocycles. The summed E-state index contributed by atoms with van der Waals surface area (Å²) in [6.45, 7) is 3.79. The van der Waals surface area contributed by atoms with E-state index in [4.69, 9.17) is 5.11 Å². The normalized spacial score (nSPS) is 19.5. The molecule has 0 atom stereocenters. The number of aromatic nitrogens is 1. The third kappa shape index (κ3) is 2.27. The van der Waals surface area contributed by atoms with Gasteiger partial charge in [-0.2, -0.15) is 0 Å². The van der Waals surface area contributed by atoms with Crippen molar-refractivity contribution in [1.29, 1.82) is 0 Å². The second-order valence-corrected chi connectivity index (χ2v) is 5.02. The molecule has 0 saturated carbocycles. The molecule has 90 valence electrons. The van der Waals surface area contributed by atoms with Crippen molar-refractivity contribution >= 4 is 17.6 Å². The number of amides is 2. The lowest BCUT2D eigenvalue weighted by molar-refractivity contribution is -0.132. The van der Waals surface area contributed by atoms with E-state index in [1.54, 1.807) is 0 Å². The lowest BCUT2D eigenvalue weighted by Crippen LogP contribution is -2.46. The van der Waals surface area contributed by atoms with E-state index in [-0.39, 0.29) is 28.8 Å². The number of nitrogens with zero attached hydrogens (tertiary/aromatic N) is 2. The molecule has 1 aliphatic heterocycles. The number of aromatic hydroxyl groups is 1. The van der Waals surface area contributed by atoms with E-state index >= 15 is 0 Å². The van der Waals surface area contributed by atoms with Crippen LogP contribution in [0.15, 0.2) is 18.3 Å². The zero-order valence-corrected chi connectivity index (χ0v) is 9.80. The van der Waals surface area contributed by atoms with Gasteiger partial charge in [-0.3, -0.25) is 9.59 Å². The van der Waals surface area contributed by atoms with Crippen LogP contribution in [0.2, 0.25) is 0 Å². The van der Waals surface area contributed by atoms with Gasteiger partial charge in [0.2, 0.25) is 11.8 Å². The molecule has 1 aromatic rings. The van der Waals surface area contributed by atoms with Crippen LogP contribution in [-0.2, 0) is 9.59 Å². The van der Waals surface area contributed by atoms with Gasteiger partial charge in [0.1, 0.15) is 11.6 Å². The molecule has 1 aliphatic rings. The molecular formula is C12H14N2O3. The molecule has 1 N–H and O–H groups in total. The summed E-state index contributed by atoms with van der Waals surface area (Å²) in [6.07, 6.45) is 1.86. The molecule has 5 heteroatoms. The van der Waals surface area contributed by atoms with Crippen molar-refractivity contribution in [1.82, 2.24) is 4.98 Å². The van der Waals surface area contributed by atoms with Gasteiger partial charge >= 0.3 is 0 Å². The predicted molar refractivity (Wildman–Crippen MR) is 61.4 cm³/mol. The Morgan fingerprint density at radius 3 is 2.29 bits per heavy atom. The Labute approximate surface area is 99.1 Å². The molecule has 0 aliphatic carbocycles. The summed E-state index contributed by atoms with van der Waals surface area (Å²) in [4.78, 5) is 28.8. The first-order chi connectivity index (χ1) is 7.89. The number of imide groups is 1. The first kappa shape index (κ1) is 11.6. The standard InChI is InChI=1S/C12H14N2O3/c1-12(2)5-10(16)14(11(17)6-12)9-4-3-8(15)7-13-9/h3-4,7,15H,5-6H2,1-2H3. The highest BCUT2D eigenvalue weighted by molar-refractivity contribution is 6.16. The van der Waals surface area contributed by atoms with Crippen LogP contribution < -0.4 is 4.90 Å². The Morgan fingerprint density at radius 2 is 1.82 bits per heavy atom. The van der Waals surface area contributed by atoms with E-state index in [9.17, 15) is 9.59 Å². The summed E-state index contributed by atoms with van der Waals surface area (Å²) < 4.78 is 0. The van der Waals surface area contributed by atoms with E-state index in [2.05, 4.69) is 4.98 Å². The van der Waals surface area contributed by atoms with Gasteiger partial charge in [-0.1, -0.05) is 13.8 Å². The maximum atomic E-state index is 11.9. The molecule has 2 amide bonds. The van der Waals surface area contributed by atoms with E-state index in [1.165, 1.54) is 18.3 Å². The highest BCUT2D eigenvalue weighted by atomic mass is 16.3. The average molecular weight is 234 g/mol. The monoisotopic (exact) mass is 234 g/mol. The van der Waals surface area contributed by atoms with Crippen LogP contribution in [0.5, 0.6) is 5.75 Å². The molecule has 1 aromatic heterocycles. The number of hydrogen-bond acceptors (Lipinski definition) is 4. The van der Waals surface area contributed by atoms with Gasteiger partial charge in [0, 0.05) is 12.8 Å². The van der Waals surface area contributed by atoms with Crippen molar-refractivity contribution in [3.05, 3.63) is 18.3 Å². The van der Waals surface area contributed by atoms with Crippen LogP contribution in [0.1, 0.15) is 26.7 Å². The Kier molecular flexibility index (Phi) is 2.61. The number of hydrogen-bond donors (Lipinski definition) is 1. The zero-order valence-electron chi connectivity index (χ0n) is 9.80. The summed E-state index contributed by atoms with van der Waals surface area (Å²) >= 11 is 0. The molecule has 5 nitrogen and oxygen atoms in total. The number of anilines is 1. The Hall–Kier alpha value is -1.91. The molecule has 0 unspecified atom stereocenters. The largest absolute Gasteiger partial charge is 0.506 e. The number of carbonyl (C=O) groups is 2. The number of rotatable bonds is 1. The predicted octanol–water partition coefficient (Wildman–Crippen LogP) is 1.47. The molecule has 0 aromatic carbocycles. The van der Waals surface area contributed by atoms with Crippen LogP contribution >= 0.6 is 0 Å². The topological polar surface area (TPSA) is 70.5 Å². The third-order valence-electron chi connectivity index (χ3n) is 2.72. The minimum Gasteiger partial charge on any atom is -0.506 e. The van der Waals surface area contributed by atoms with Gasteiger partial charge in [0.15, 0.2) is 0 Å². The lowest BCUT2D eigenvalue weighted by Gasteiger charge is -2.33. The molecule has 0 bridgehead atoms. The van der Waals surface area contributed by atoms with E-state index in [1.807, 2.05) is 13.8 Å². The number of pyridine rings is 1. The minimum absolute atomic E-state index is 0.00554. The van der Waals surface area contributed by atoms with E-state index in [0.29, 0.717) is 12.8 Å². The van der Waals surface area contributed by atoms with Gasteiger partial charge in [-0.25, -0.2) is 9.88 Å². The average Bonchev–Trinajstić information content (AvgIpc) is 2.18. The molecule has 2 rings (SSSR count). The molecular weight excluding hydrogens is 220 g/mol. The zero-order chi connectivity index (χ0) is 12.6. The van der Waals surface area contributed by atoms with Gasteiger partial charge in [-0.05, 0) is 17.5 Å². The summed E-state index contributed by atoms with van der Waals surface area (Å²) in [6, 6.07) is 2.87. The van der Waals surface area contributed by atoms with Crippen molar-refractivity contribution in [3.8, 4) is 5.75 Å². The van der Waals surface area contributed by atoms with Gasteiger partial charge < -0.3 is 5.11 Å². The van der Waals surface area contributed by atoms with Crippen molar-refractivity contribution in [3.63, 3.8) is 0 Å². The lowest BCUT2D eigenvalue weighted by atomic mass is 9.82. The van der Waals surface area contributed by atoms with Gasteiger partial charge in [0.05, 0.1) is 6.20 Å². The molecule has 0 spiro atoms. The highest BCUT2D eigenvalue weighted by Crippen LogP contribution is 2.33. The summed E-state index contributed by atoms with van der Waals surface area (Å²) in [7, 11) is 0. The fourth-order valence-corrected chi connectivity index (χ4v) is 1.94. The van der Waals surface area contributed by atoms with Crippen LogP contribution in [0.4, 0.5) is 5.82 Å². The summed E-state index contributed by atoms with van der Waals surface area (Å²) in [5, 5.41) is 9.12. The fourth-order valence-electron chi connectivity index (χ4n) is 1.94. The van der Waals surface area contributed by atoms with Crippen molar-refractivity contribution in [2.75, 3.05) is 4.90 Å². The fraction of sp³-hybridized carbons (Fsp3) is 0.417. The molecule has 17 heavy (non-hydrogen) atoms. The van der Waals surface area contributed by atoms with E-state index < -0.39 is 0 Å². The smallest absolute Gasteiger partial charge is 0.235 e. The van der Waals surface area contributed by atoms with Gasteiger partial charge in [0.25, 0.3) is 0 Å². The third-order valence-corrected chi connectivity index (χ3v) is 2.72. The van der Waals surface area contributed by atoms with Crippen molar-refractivity contribution in [2.24, 2.45) is 5.41 Å². The Balaban J connectivity index is 2.30. The molecule has 1 fully saturated rings. The highest BCUT2D eigenvalue weighted by Gasteiger charge is 2.38. The summed E-state index contributed by atoms with van der Waals surface area (Å²) in [5.41, 5.74) is -0.290. The second-order valence-electron chi connectivity index (χ2n) is 5.02. The summed E-state index contributed by atoms with van der Waals surface area (Å²) in [5.74, 6) is -0.215. The second kappa shape index (κ2) is 3.84. The van der Waals surface area contributed by atoms with Crippen molar-refractivity contribution < 1.29 is 14.7 Å². The maximum absolute atomic E-state index is 11.9. The number of piperidine rings is 1. The van der Waals surface area contributed by atoms with E-state index in [0.717, 1.165) is 4.90 Å². The minimum atomic E-state index is -0.290. The van der Waals surface area contributed by atoms with Gasteiger partial charge in [-0.15, -0.1) is 0 Å². The van der Waals surface area contributed by atoms with Crippen LogP contribution in [0, 0.1) is 5.41 Å². The molecule has 1 saturated heterocycles. The van der Waals surface area contributed by atoms with Crippen LogP contribution in [0.3, 0.4) is 0 Å². The first-order valence-corrected chi connectivity index (χ1v) is 5.40. The van der Waals surface area contributed by atoms with Crippen molar-refractivity contribution in [2.45, 2.75) is 26.7 Å².